The minimum atomic E-state index is 0.533. The molecule has 15 heavy (non-hydrogen) atoms. The molecular weight excluding hydrogens is 180 g/mol. The van der Waals surface area contributed by atoms with E-state index in [2.05, 4.69) is 33.8 Å². The Morgan fingerprint density at radius 1 is 1.27 bits per heavy atom. The third kappa shape index (κ3) is 0.990. The standard InChI is InChI=1S/C15H24/c1-10-5-6-13-12(10)9-11-7-8-15(13,4)14(11,2)3/h6,10-12H,5,7-9H2,1-4H3/t10-,11+,12-,15-/m0/s1. The molecule has 0 nitrogen and oxygen atoms in total. The van der Waals surface area contributed by atoms with E-state index in [-0.39, 0.29) is 0 Å². The zero-order valence-electron chi connectivity index (χ0n) is 10.6. The van der Waals surface area contributed by atoms with Crippen LogP contribution in [0.5, 0.6) is 0 Å². The van der Waals surface area contributed by atoms with Gasteiger partial charge in [0.1, 0.15) is 0 Å². The SMILES string of the molecule is C[C@H]1CC=C2[C@H]1C[C@H]1CC[C@]2(C)C1(C)C. The molecule has 0 heterocycles. The highest BCUT2D eigenvalue weighted by molar-refractivity contribution is 5.31. The third-order valence-corrected chi connectivity index (χ3v) is 6.41. The monoisotopic (exact) mass is 204 g/mol. The van der Waals surface area contributed by atoms with Crippen LogP contribution in [0.4, 0.5) is 0 Å². The Labute approximate surface area is 94.1 Å². The van der Waals surface area contributed by atoms with Gasteiger partial charge in [0.2, 0.25) is 0 Å². The summed E-state index contributed by atoms with van der Waals surface area (Å²) in [6, 6.07) is 0. The van der Waals surface area contributed by atoms with Gasteiger partial charge in [-0.05, 0) is 54.3 Å². The summed E-state index contributed by atoms with van der Waals surface area (Å²) in [5.41, 5.74) is 2.93. The van der Waals surface area contributed by atoms with Crippen LogP contribution in [0.3, 0.4) is 0 Å². The summed E-state index contributed by atoms with van der Waals surface area (Å²) in [4.78, 5) is 0. The van der Waals surface area contributed by atoms with Crippen LogP contribution < -0.4 is 0 Å². The molecule has 3 rings (SSSR count). The molecule has 0 aromatic carbocycles. The van der Waals surface area contributed by atoms with E-state index in [9.17, 15) is 0 Å². The van der Waals surface area contributed by atoms with Crippen molar-refractivity contribution in [3.05, 3.63) is 11.6 Å². The average Bonchev–Trinajstić information content (AvgIpc) is 2.55. The van der Waals surface area contributed by atoms with Gasteiger partial charge in [0, 0.05) is 0 Å². The minimum absolute atomic E-state index is 0.533. The molecule has 3 aliphatic rings. The fourth-order valence-corrected chi connectivity index (χ4v) is 4.76. The Morgan fingerprint density at radius 2 is 2.00 bits per heavy atom. The Balaban J connectivity index is 2.08. The number of fused-ring (bicyclic) bond motifs is 4. The lowest BCUT2D eigenvalue weighted by atomic mass is 9.54. The zero-order valence-corrected chi connectivity index (χ0v) is 10.6. The fourth-order valence-electron chi connectivity index (χ4n) is 4.76. The van der Waals surface area contributed by atoms with E-state index in [1.807, 2.05) is 5.57 Å². The summed E-state index contributed by atoms with van der Waals surface area (Å²) in [6.45, 7) is 10.0. The maximum atomic E-state index is 2.60. The van der Waals surface area contributed by atoms with E-state index < -0.39 is 0 Å². The molecule has 0 heteroatoms. The van der Waals surface area contributed by atoms with E-state index in [1.54, 1.807) is 0 Å². The minimum Gasteiger partial charge on any atom is -0.0842 e. The third-order valence-electron chi connectivity index (χ3n) is 6.41. The second-order valence-corrected chi connectivity index (χ2v) is 7.00. The molecule has 4 atom stereocenters. The highest BCUT2D eigenvalue weighted by atomic mass is 14.6. The first kappa shape index (κ1) is 9.93. The van der Waals surface area contributed by atoms with Gasteiger partial charge in [-0.3, -0.25) is 0 Å². The van der Waals surface area contributed by atoms with Crippen molar-refractivity contribution < 1.29 is 0 Å². The molecule has 0 unspecified atom stereocenters. The average molecular weight is 204 g/mol. The molecule has 2 saturated carbocycles. The largest absolute Gasteiger partial charge is 0.0842 e. The summed E-state index contributed by atoms with van der Waals surface area (Å²) in [6.07, 6.45) is 8.34. The van der Waals surface area contributed by atoms with Gasteiger partial charge in [-0.15, -0.1) is 0 Å². The highest BCUT2D eigenvalue weighted by Crippen LogP contribution is 2.68. The summed E-state index contributed by atoms with van der Waals surface area (Å²) in [7, 11) is 0. The Kier molecular flexibility index (Phi) is 1.79. The van der Waals surface area contributed by atoms with Crippen molar-refractivity contribution in [2.24, 2.45) is 28.6 Å². The highest BCUT2D eigenvalue weighted by Gasteiger charge is 2.59. The molecule has 2 fully saturated rings. The van der Waals surface area contributed by atoms with Crippen LogP contribution in [0, 0.1) is 28.6 Å². The van der Waals surface area contributed by atoms with Crippen molar-refractivity contribution in [1.82, 2.24) is 0 Å². The first-order valence-corrected chi connectivity index (χ1v) is 6.67. The maximum Gasteiger partial charge on any atom is -0.00596 e. The van der Waals surface area contributed by atoms with E-state index in [0.717, 1.165) is 17.8 Å². The molecular formula is C15H24. The summed E-state index contributed by atoms with van der Waals surface area (Å²) in [5.74, 6) is 2.86. The van der Waals surface area contributed by atoms with Crippen LogP contribution in [-0.2, 0) is 0 Å². The number of allylic oxidation sites excluding steroid dienone is 2. The Morgan fingerprint density at radius 3 is 2.73 bits per heavy atom. The van der Waals surface area contributed by atoms with Crippen molar-refractivity contribution in [2.75, 3.05) is 0 Å². The van der Waals surface area contributed by atoms with Gasteiger partial charge in [-0.1, -0.05) is 39.3 Å². The van der Waals surface area contributed by atoms with Gasteiger partial charge < -0.3 is 0 Å². The summed E-state index contributed by atoms with van der Waals surface area (Å²) >= 11 is 0. The second-order valence-electron chi connectivity index (χ2n) is 7.00. The van der Waals surface area contributed by atoms with Crippen LogP contribution in [0.25, 0.3) is 0 Å². The van der Waals surface area contributed by atoms with Gasteiger partial charge >= 0.3 is 0 Å². The van der Waals surface area contributed by atoms with Gasteiger partial charge in [-0.2, -0.15) is 0 Å². The van der Waals surface area contributed by atoms with Gasteiger partial charge in [0.05, 0.1) is 0 Å². The number of hydrogen-bond donors (Lipinski definition) is 0. The molecule has 0 aliphatic heterocycles. The van der Waals surface area contributed by atoms with Crippen LogP contribution in [0.1, 0.15) is 53.4 Å². The quantitative estimate of drug-likeness (QED) is 0.513. The molecule has 0 aromatic rings. The predicted molar refractivity (Wildman–Crippen MR) is 64.6 cm³/mol. The molecule has 0 amide bonds. The van der Waals surface area contributed by atoms with E-state index in [4.69, 9.17) is 0 Å². The van der Waals surface area contributed by atoms with Crippen LogP contribution in [0.15, 0.2) is 11.6 Å². The van der Waals surface area contributed by atoms with Gasteiger partial charge in [0.25, 0.3) is 0 Å². The molecule has 84 valence electrons. The number of hydrogen-bond acceptors (Lipinski definition) is 0. The molecule has 0 N–H and O–H groups in total. The Hall–Kier alpha value is -0.260. The molecule has 2 bridgehead atoms. The smallest absolute Gasteiger partial charge is 0.00596 e. The van der Waals surface area contributed by atoms with Crippen LogP contribution >= 0.6 is 0 Å². The lowest BCUT2D eigenvalue weighted by Gasteiger charge is -2.50. The van der Waals surface area contributed by atoms with Crippen molar-refractivity contribution in [1.29, 1.82) is 0 Å². The summed E-state index contributed by atoms with van der Waals surface area (Å²) in [5, 5.41) is 0. The van der Waals surface area contributed by atoms with Crippen LogP contribution in [0.2, 0.25) is 0 Å². The molecule has 0 aromatic heterocycles. The second kappa shape index (κ2) is 2.70. The predicted octanol–water partition coefficient (Wildman–Crippen LogP) is 4.42. The van der Waals surface area contributed by atoms with Crippen molar-refractivity contribution >= 4 is 0 Å². The lowest BCUT2D eigenvalue weighted by Crippen LogP contribution is -2.43. The molecule has 0 spiro atoms. The molecule has 0 saturated heterocycles. The zero-order chi connectivity index (χ0) is 10.8. The van der Waals surface area contributed by atoms with E-state index in [0.29, 0.717) is 10.8 Å². The van der Waals surface area contributed by atoms with E-state index in [1.165, 1.54) is 25.7 Å². The topological polar surface area (TPSA) is 0 Å². The first-order chi connectivity index (χ1) is 6.97. The van der Waals surface area contributed by atoms with Crippen molar-refractivity contribution in [2.45, 2.75) is 53.4 Å². The molecule has 0 radical (unpaired) electrons. The summed E-state index contributed by atoms with van der Waals surface area (Å²) < 4.78 is 0. The van der Waals surface area contributed by atoms with Crippen LogP contribution in [-0.4, -0.2) is 0 Å². The van der Waals surface area contributed by atoms with Crippen molar-refractivity contribution in [3.63, 3.8) is 0 Å². The maximum absolute atomic E-state index is 2.60. The molecule has 3 aliphatic carbocycles. The first-order valence-electron chi connectivity index (χ1n) is 6.67. The Bertz CT molecular complexity index is 323. The number of rotatable bonds is 0. The fraction of sp³-hybridized carbons (Fsp3) is 0.867. The van der Waals surface area contributed by atoms with Gasteiger partial charge in [-0.25, -0.2) is 0 Å². The van der Waals surface area contributed by atoms with E-state index >= 15 is 0 Å². The normalized spacial score (nSPS) is 51.5. The lowest BCUT2D eigenvalue weighted by molar-refractivity contribution is 0.0577. The van der Waals surface area contributed by atoms with Gasteiger partial charge in [0.15, 0.2) is 0 Å². The van der Waals surface area contributed by atoms with Crippen molar-refractivity contribution in [3.8, 4) is 0 Å².